The van der Waals surface area contributed by atoms with Crippen molar-refractivity contribution in [2.45, 2.75) is 13.3 Å². The Labute approximate surface area is 89.2 Å². The highest BCUT2D eigenvalue weighted by atomic mass is 32.2. The van der Waals surface area contributed by atoms with Gasteiger partial charge in [-0.1, -0.05) is 18.2 Å². The number of nitrogens with two attached hydrogens (primary N) is 1. The summed E-state index contributed by atoms with van der Waals surface area (Å²) in [6.07, 6.45) is 0.333. The minimum absolute atomic E-state index is 0.0348. The van der Waals surface area contributed by atoms with Crippen LogP contribution in [0.5, 0.6) is 0 Å². The molecule has 2 N–H and O–H groups in total. The summed E-state index contributed by atoms with van der Waals surface area (Å²) in [5.41, 5.74) is 1.39. The molecule has 0 heterocycles. The molecule has 1 aromatic rings. The highest BCUT2D eigenvalue weighted by Gasteiger charge is 2.05. The van der Waals surface area contributed by atoms with E-state index in [1.165, 1.54) is 6.92 Å². The Morgan fingerprint density at radius 1 is 1.40 bits per heavy atom. The molecule has 0 bridgehead atoms. The first kappa shape index (κ1) is 11.9. The van der Waals surface area contributed by atoms with Crippen molar-refractivity contribution in [2.24, 2.45) is 5.14 Å². The van der Waals surface area contributed by atoms with Gasteiger partial charge < -0.3 is 0 Å². The molecule has 0 saturated carbocycles. The van der Waals surface area contributed by atoms with Crippen molar-refractivity contribution in [1.82, 2.24) is 0 Å². The molecule has 15 heavy (non-hydrogen) atoms. The molecule has 0 amide bonds. The van der Waals surface area contributed by atoms with Crippen LogP contribution in [-0.4, -0.2) is 20.0 Å². The first-order valence-electron chi connectivity index (χ1n) is 4.49. The molecule has 5 heteroatoms. The Balaban J connectivity index is 2.79. The minimum atomic E-state index is -3.44. The number of benzene rings is 1. The van der Waals surface area contributed by atoms with E-state index in [9.17, 15) is 13.2 Å². The van der Waals surface area contributed by atoms with Gasteiger partial charge in [-0.2, -0.15) is 0 Å². The van der Waals surface area contributed by atoms with Crippen molar-refractivity contribution in [3.63, 3.8) is 0 Å². The largest absolute Gasteiger partial charge is 0.295 e. The van der Waals surface area contributed by atoms with Crippen LogP contribution < -0.4 is 5.14 Å². The van der Waals surface area contributed by atoms with Gasteiger partial charge in [0.15, 0.2) is 5.78 Å². The van der Waals surface area contributed by atoms with Crippen LogP contribution in [0.3, 0.4) is 0 Å². The van der Waals surface area contributed by atoms with E-state index in [2.05, 4.69) is 0 Å². The molecule has 0 aliphatic carbocycles. The van der Waals surface area contributed by atoms with Gasteiger partial charge in [0.05, 0.1) is 5.75 Å². The van der Waals surface area contributed by atoms with E-state index in [-0.39, 0.29) is 11.5 Å². The number of ketones is 1. The van der Waals surface area contributed by atoms with Gasteiger partial charge in [0, 0.05) is 5.56 Å². The number of sulfonamides is 1. The quantitative estimate of drug-likeness (QED) is 0.770. The maximum Gasteiger partial charge on any atom is 0.209 e. The number of primary sulfonamides is 1. The molecule has 0 unspecified atom stereocenters. The van der Waals surface area contributed by atoms with Crippen LogP contribution in [0.2, 0.25) is 0 Å². The van der Waals surface area contributed by atoms with E-state index in [4.69, 9.17) is 5.14 Å². The molecule has 0 aliphatic rings. The minimum Gasteiger partial charge on any atom is -0.295 e. The van der Waals surface area contributed by atoms with Crippen molar-refractivity contribution in [1.29, 1.82) is 0 Å². The van der Waals surface area contributed by atoms with Gasteiger partial charge in [0.25, 0.3) is 0 Å². The fourth-order valence-electron chi connectivity index (χ4n) is 1.21. The number of hydrogen-bond acceptors (Lipinski definition) is 3. The Hall–Kier alpha value is -1.20. The lowest BCUT2D eigenvalue weighted by Crippen LogP contribution is -2.18. The second kappa shape index (κ2) is 4.55. The first-order chi connectivity index (χ1) is 6.88. The van der Waals surface area contributed by atoms with Gasteiger partial charge in [-0.15, -0.1) is 0 Å². The Morgan fingerprint density at radius 3 is 2.60 bits per heavy atom. The summed E-state index contributed by atoms with van der Waals surface area (Å²) in [6, 6.07) is 6.89. The van der Waals surface area contributed by atoms with Crippen LogP contribution in [0.1, 0.15) is 22.8 Å². The molecule has 0 fully saturated rings. The van der Waals surface area contributed by atoms with Crippen LogP contribution in [0, 0.1) is 0 Å². The molecule has 0 radical (unpaired) electrons. The van der Waals surface area contributed by atoms with E-state index < -0.39 is 10.0 Å². The third-order valence-corrected chi connectivity index (χ3v) is 2.78. The lowest BCUT2D eigenvalue weighted by molar-refractivity contribution is 0.101. The van der Waals surface area contributed by atoms with Crippen LogP contribution in [0.15, 0.2) is 24.3 Å². The molecule has 0 aromatic heterocycles. The van der Waals surface area contributed by atoms with Gasteiger partial charge in [-0.25, -0.2) is 13.6 Å². The van der Waals surface area contributed by atoms with Crippen molar-refractivity contribution in [3.05, 3.63) is 35.4 Å². The summed E-state index contributed by atoms with van der Waals surface area (Å²) in [4.78, 5) is 11.1. The second-order valence-corrected chi connectivity index (χ2v) is 5.11. The molecular weight excluding hydrogens is 214 g/mol. The monoisotopic (exact) mass is 227 g/mol. The molecule has 4 nitrogen and oxygen atoms in total. The van der Waals surface area contributed by atoms with Crippen LogP contribution >= 0.6 is 0 Å². The predicted molar refractivity (Wildman–Crippen MR) is 58.1 cm³/mol. The van der Waals surface area contributed by atoms with Gasteiger partial charge in [-0.3, -0.25) is 4.79 Å². The number of carbonyl (C=O) groups excluding carboxylic acids is 1. The number of hydrogen-bond donors (Lipinski definition) is 1. The SMILES string of the molecule is CC(=O)c1cccc(CCS(N)(=O)=O)c1. The number of Topliss-reactive ketones (excluding diaryl/α,β-unsaturated/α-hetero) is 1. The van der Waals surface area contributed by atoms with Crippen LogP contribution in [-0.2, 0) is 16.4 Å². The van der Waals surface area contributed by atoms with E-state index in [0.717, 1.165) is 5.56 Å². The zero-order valence-electron chi connectivity index (χ0n) is 8.43. The van der Waals surface area contributed by atoms with Crippen LogP contribution in [0.25, 0.3) is 0 Å². The third-order valence-electron chi connectivity index (χ3n) is 2.01. The molecule has 1 rings (SSSR count). The maximum absolute atomic E-state index is 11.1. The molecule has 0 atom stereocenters. The zero-order valence-corrected chi connectivity index (χ0v) is 9.25. The van der Waals surface area contributed by atoms with Crippen molar-refractivity contribution in [2.75, 3.05) is 5.75 Å². The molecule has 0 aliphatic heterocycles. The number of rotatable bonds is 4. The van der Waals surface area contributed by atoms with E-state index in [1.54, 1.807) is 24.3 Å². The van der Waals surface area contributed by atoms with Crippen LogP contribution in [0.4, 0.5) is 0 Å². The van der Waals surface area contributed by atoms with Gasteiger partial charge >= 0.3 is 0 Å². The first-order valence-corrected chi connectivity index (χ1v) is 6.20. The lowest BCUT2D eigenvalue weighted by Gasteiger charge is -2.02. The summed E-state index contributed by atoms with van der Waals surface area (Å²) in [7, 11) is -3.44. The van der Waals surface area contributed by atoms with E-state index >= 15 is 0 Å². The van der Waals surface area contributed by atoms with Gasteiger partial charge in [0.2, 0.25) is 10.0 Å². The normalized spacial score (nSPS) is 11.3. The second-order valence-electron chi connectivity index (χ2n) is 3.37. The van der Waals surface area contributed by atoms with Crippen molar-refractivity contribution < 1.29 is 13.2 Å². The summed E-state index contributed by atoms with van der Waals surface area (Å²) in [5, 5.41) is 4.89. The number of aryl methyl sites for hydroxylation is 1. The molecular formula is C10H13NO3S. The Kier molecular flexibility index (Phi) is 3.60. The Morgan fingerprint density at radius 2 is 2.07 bits per heavy atom. The molecule has 1 aromatic carbocycles. The number of carbonyl (C=O) groups is 1. The topological polar surface area (TPSA) is 77.2 Å². The summed E-state index contributed by atoms with van der Waals surface area (Å²) in [6.45, 7) is 1.47. The highest BCUT2D eigenvalue weighted by Crippen LogP contribution is 2.07. The van der Waals surface area contributed by atoms with Gasteiger partial charge in [0.1, 0.15) is 0 Å². The van der Waals surface area contributed by atoms with Crippen molar-refractivity contribution >= 4 is 15.8 Å². The van der Waals surface area contributed by atoms with E-state index in [1.807, 2.05) is 0 Å². The van der Waals surface area contributed by atoms with Gasteiger partial charge in [-0.05, 0) is 25.0 Å². The average molecular weight is 227 g/mol. The smallest absolute Gasteiger partial charge is 0.209 e. The molecule has 82 valence electrons. The predicted octanol–water partition coefficient (Wildman–Crippen LogP) is 0.720. The molecule has 0 spiro atoms. The van der Waals surface area contributed by atoms with Crippen molar-refractivity contribution in [3.8, 4) is 0 Å². The fourth-order valence-corrected chi connectivity index (χ4v) is 1.73. The Bertz CT molecular complexity index is 465. The zero-order chi connectivity index (χ0) is 11.5. The summed E-state index contributed by atoms with van der Waals surface area (Å²) >= 11 is 0. The summed E-state index contributed by atoms with van der Waals surface area (Å²) < 4.78 is 21.5. The maximum atomic E-state index is 11.1. The van der Waals surface area contributed by atoms with E-state index in [0.29, 0.717) is 12.0 Å². The lowest BCUT2D eigenvalue weighted by atomic mass is 10.1. The third kappa shape index (κ3) is 4.22. The average Bonchev–Trinajstić information content (AvgIpc) is 2.14. The summed E-state index contributed by atoms with van der Waals surface area (Å²) in [5.74, 6) is -0.138. The fraction of sp³-hybridized carbons (Fsp3) is 0.300. The highest BCUT2D eigenvalue weighted by molar-refractivity contribution is 7.89. The molecule has 0 saturated heterocycles. The standard InChI is InChI=1S/C10H13NO3S/c1-8(12)10-4-2-3-9(7-10)5-6-15(11,13)14/h2-4,7H,5-6H2,1H3,(H2,11,13,14).